The molecule has 2 rings (SSSR count). The third kappa shape index (κ3) is 9.02. The molecule has 0 fully saturated rings. The van der Waals surface area contributed by atoms with Crippen molar-refractivity contribution in [2.24, 2.45) is 17.6 Å². The number of hydrogen-bond donors (Lipinski definition) is 3. The Morgan fingerprint density at radius 1 is 1.24 bits per heavy atom. The van der Waals surface area contributed by atoms with Gasteiger partial charge in [-0.25, -0.2) is 0 Å². The van der Waals surface area contributed by atoms with E-state index in [0.717, 1.165) is 12.2 Å². The molecule has 29 heavy (non-hydrogen) atoms. The van der Waals surface area contributed by atoms with Crippen LogP contribution in [0.4, 0.5) is 13.2 Å². The lowest BCUT2D eigenvalue weighted by atomic mass is 9.86. The Bertz CT molecular complexity index is 665. The molecule has 0 bridgehead atoms. The summed E-state index contributed by atoms with van der Waals surface area (Å²) in [5, 5.41) is 5.36. The summed E-state index contributed by atoms with van der Waals surface area (Å²) < 4.78 is 38.4. The molecule has 1 heterocycles. The minimum absolute atomic E-state index is 0.266. The minimum Gasteiger partial charge on any atom is -0.379 e. The summed E-state index contributed by atoms with van der Waals surface area (Å²) in [5.74, 6) is -2.36. The molecule has 1 aliphatic carbocycles. The van der Waals surface area contributed by atoms with E-state index in [1.54, 1.807) is 13.0 Å². The molecule has 5 nitrogen and oxygen atoms in total. The minimum atomic E-state index is -4.49. The molecular weight excluding hydrogens is 383 g/mol. The zero-order valence-corrected chi connectivity index (χ0v) is 17.6. The lowest BCUT2D eigenvalue weighted by Crippen LogP contribution is -2.37. The van der Waals surface area contributed by atoms with Crippen LogP contribution in [-0.4, -0.2) is 24.0 Å². The van der Waals surface area contributed by atoms with Crippen molar-refractivity contribution in [3.8, 4) is 0 Å². The molecule has 164 valence electrons. The van der Waals surface area contributed by atoms with Gasteiger partial charge >= 0.3 is 6.18 Å². The van der Waals surface area contributed by atoms with Crippen LogP contribution in [0.25, 0.3) is 0 Å². The van der Waals surface area contributed by atoms with Gasteiger partial charge in [-0.1, -0.05) is 65.3 Å². The molecule has 1 aliphatic heterocycles. The fraction of sp³-hybridized carbons (Fsp3) is 0.524. The van der Waals surface area contributed by atoms with Crippen LogP contribution in [0.15, 0.2) is 47.9 Å². The van der Waals surface area contributed by atoms with Crippen molar-refractivity contribution < 1.29 is 22.8 Å². The molecular formula is C21H32F3N3O2. The number of rotatable bonds is 3. The van der Waals surface area contributed by atoms with E-state index < -0.39 is 35.5 Å². The summed E-state index contributed by atoms with van der Waals surface area (Å²) in [7, 11) is 0. The van der Waals surface area contributed by atoms with Crippen molar-refractivity contribution in [1.82, 2.24) is 10.6 Å². The van der Waals surface area contributed by atoms with Gasteiger partial charge in [0, 0.05) is 5.70 Å². The van der Waals surface area contributed by atoms with Crippen LogP contribution in [-0.2, 0) is 9.59 Å². The molecule has 4 N–H and O–H groups in total. The van der Waals surface area contributed by atoms with Gasteiger partial charge in [-0.2, -0.15) is 13.2 Å². The van der Waals surface area contributed by atoms with E-state index in [2.05, 4.69) is 24.5 Å². The zero-order valence-electron chi connectivity index (χ0n) is 17.6. The number of nitrogens with one attached hydrogen (secondary N) is 2. The Morgan fingerprint density at radius 2 is 1.83 bits per heavy atom. The molecule has 0 saturated heterocycles. The van der Waals surface area contributed by atoms with Gasteiger partial charge in [0.25, 0.3) is 0 Å². The third-order valence-corrected chi connectivity index (χ3v) is 3.88. The molecule has 0 aromatic carbocycles. The first-order valence-electron chi connectivity index (χ1n) is 9.80. The van der Waals surface area contributed by atoms with Gasteiger partial charge in [-0.05, 0) is 24.6 Å². The summed E-state index contributed by atoms with van der Waals surface area (Å²) >= 11 is 0. The average molecular weight is 416 g/mol. The van der Waals surface area contributed by atoms with Crippen LogP contribution in [0, 0.1) is 11.8 Å². The summed E-state index contributed by atoms with van der Waals surface area (Å²) in [5.41, 5.74) is 4.77. The first kappa shape index (κ1) is 26.5. The molecule has 0 spiro atoms. The highest BCUT2D eigenvalue weighted by molar-refractivity contribution is 5.84. The second-order valence-electron chi connectivity index (χ2n) is 6.41. The normalized spacial score (nSPS) is 23.0. The molecule has 0 aromatic heterocycles. The van der Waals surface area contributed by atoms with Gasteiger partial charge in [-0.15, -0.1) is 0 Å². The van der Waals surface area contributed by atoms with Crippen molar-refractivity contribution in [1.29, 1.82) is 0 Å². The molecule has 0 radical (unpaired) electrons. The fourth-order valence-electron chi connectivity index (χ4n) is 2.43. The lowest BCUT2D eigenvalue weighted by molar-refractivity contribution is -0.124. The number of alkyl halides is 3. The van der Waals surface area contributed by atoms with Crippen LogP contribution in [0.5, 0.6) is 0 Å². The summed E-state index contributed by atoms with van der Waals surface area (Å²) in [6.07, 6.45) is 4.91. The van der Waals surface area contributed by atoms with Crippen molar-refractivity contribution in [2.45, 2.75) is 59.7 Å². The van der Waals surface area contributed by atoms with E-state index >= 15 is 0 Å². The number of nitrogens with two attached hydrogens (primary N) is 1. The van der Waals surface area contributed by atoms with Crippen LogP contribution >= 0.6 is 0 Å². The molecule has 3 unspecified atom stereocenters. The van der Waals surface area contributed by atoms with Crippen molar-refractivity contribution in [3.63, 3.8) is 0 Å². The van der Waals surface area contributed by atoms with E-state index in [1.807, 2.05) is 13.8 Å². The third-order valence-electron chi connectivity index (χ3n) is 3.88. The molecule has 8 heteroatoms. The number of hydrogen-bond acceptors (Lipinski definition) is 3. The fourth-order valence-corrected chi connectivity index (χ4v) is 2.43. The summed E-state index contributed by atoms with van der Waals surface area (Å²) in [6, 6.07) is -0.594. The molecule has 2 aliphatic rings. The first-order chi connectivity index (χ1) is 13.6. The maximum absolute atomic E-state index is 12.8. The number of primary amides is 1. The second kappa shape index (κ2) is 12.9. The topological polar surface area (TPSA) is 84.2 Å². The van der Waals surface area contributed by atoms with E-state index in [1.165, 1.54) is 24.8 Å². The lowest BCUT2D eigenvalue weighted by Gasteiger charge is -2.23. The Hall–Kier alpha value is -2.51. The van der Waals surface area contributed by atoms with Crippen molar-refractivity contribution >= 4 is 11.8 Å². The first-order valence-corrected chi connectivity index (χ1v) is 9.80. The van der Waals surface area contributed by atoms with Crippen LogP contribution in [0.1, 0.15) is 47.5 Å². The van der Waals surface area contributed by atoms with Crippen LogP contribution in [0.3, 0.4) is 0 Å². The summed E-state index contributed by atoms with van der Waals surface area (Å²) in [4.78, 5) is 23.5. The smallest absolute Gasteiger partial charge is 0.379 e. The Balaban J connectivity index is 0.00000143. The average Bonchev–Trinajstić information content (AvgIpc) is 2.89. The predicted octanol–water partition coefficient (Wildman–Crippen LogP) is 4.10. The van der Waals surface area contributed by atoms with Gasteiger partial charge in [0.1, 0.15) is 6.04 Å². The van der Waals surface area contributed by atoms with Gasteiger partial charge in [-0.3, -0.25) is 9.59 Å². The van der Waals surface area contributed by atoms with E-state index in [-0.39, 0.29) is 12.3 Å². The van der Waals surface area contributed by atoms with E-state index in [0.29, 0.717) is 5.70 Å². The van der Waals surface area contributed by atoms with Crippen molar-refractivity contribution in [3.05, 3.63) is 47.9 Å². The highest BCUT2D eigenvalue weighted by atomic mass is 19.4. The molecule has 0 aromatic rings. The van der Waals surface area contributed by atoms with E-state index in [9.17, 15) is 22.8 Å². The zero-order chi connectivity index (χ0) is 22.6. The number of amides is 2. The quantitative estimate of drug-likeness (QED) is 0.649. The van der Waals surface area contributed by atoms with Gasteiger partial charge in [0.15, 0.2) is 0 Å². The van der Waals surface area contributed by atoms with Gasteiger partial charge in [0.05, 0.1) is 11.5 Å². The highest BCUT2D eigenvalue weighted by Crippen LogP contribution is 2.33. The van der Waals surface area contributed by atoms with E-state index in [4.69, 9.17) is 5.73 Å². The van der Waals surface area contributed by atoms with Crippen LogP contribution < -0.4 is 16.4 Å². The van der Waals surface area contributed by atoms with Crippen LogP contribution in [0.2, 0.25) is 0 Å². The number of allylic oxidation sites excluding steroid dienone is 4. The second-order valence-corrected chi connectivity index (χ2v) is 6.41. The van der Waals surface area contributed by atoms with Crippen molar-refractivity contribution in [2.75, 3.05) is 0 Å². The molecule has 2 amide bonds. The Morgan fingerprint density at radius 3 is 2.34 bits per heavy atom. The Kier molecular flexibility index (Phi) is 11.7. The van der Waals surface area contributed by atoms with Gasteiger partial charge in [0.2, 0.25) is 11.8 Å². The molecule has 3 atom stereocenters. The number of halogens is 3. The van der Waals surface area contributed by atoms with Gasteiger partial charge < -0.3 is 16.4 Å². The standard InChI is InChI=1S/C16H18F3N3O2.C3H8.C2H6/c1-9-2-3-10(16(17,18)19)8-12(9)15(24)22-11-4-5-13(14(20)23)21-7-6-11;1-3-2;1-2/h2-4,6-9,12-13,21H,5H2,1H3,(H2,20,23)(H,22,24);3H2,1-2H3;1-2H3. The maximum atomic E-state index is 12.8. The summed E-state index contributed by atoms with van der Waals surface area (Å²) in [6.45, 7) is 9.92. The SMILES string of the molecule is CC.CC1C=CC(C(F)(F)F)=CC1C(=O)NC1=CCC(C(N)=O)NC=C1.CCC. The molecule has 0 saturated carbocycles. The number of carbonyl (C=O) groups is 2. The highest BCUT2D eigenvalue weighted by Gasteiger charge is 2.36. The maximum Gasteiger partial charge on any atom is 0.416 e. The largest absolute Gasteiger partial charge is 0.416 e. The number of carbonyl (C=O) groups excluding carboxylic acids is 2. The Labute approximate surface area is 171 Å². The monoisotopic (exact) mass is 415 g/mol. The predicted molar refractivity (Wildman–Crippen MR) is 109 cm³/mol.